The first kappa shape index (κ1) is 23.6. The topological polar surface area (TPSA) is 81.9 Å². The Labute approximate surface area is 176 Å². The summed E-state index contributed by atoms with van der Waals surface area (Å²) in [5, 5.41) is 0. The predicted molar refractivity (Wildman–Crippen MR) is 109 cm³/mol. The number of esters is 1. The van der Waals surface area contributed by atoms with E-state index in [1.807, 2.05) is 0 Å². The van der Waals surface area contributed by atoms with E-state index in [0.717, 1.165) is 0 Å². The van der Waals surface area contributed by atoms with Gasteiger partial charge in [0.05, 0.1) is 18.4 Å². The molecule has 1 aliphatic heterocycles. The maximum absolute atomic E-state index is 13.7. The lowest BCUT2D eigenvalue weighted by Gasteiger charge is -2.50. The molecular formula is C22H30F2N2O4. The molecule has 1 heterocycles. The van der Waals surface area contributed by atoms with E-state index in [1.165, 1.54) is 18.1 Å². The molecule has 1 saturated carbocycles. The fourth-order valence-corrected chi connectivity index (χ4v) is 3.80. The number of amides is 1. The molecular weight excluding hydrogens is 394 g/mol. The Hall–Kier alpha value is -2.64. The number of ether oxygens (including phenoxy) is 2. The Morgan fingerprint density at radius 2 is 1.90 bits per heavy atom. The number of allylic oxidation sites excluding steroid dienone is 2. The third kappa shape index (κ3) is 5.29. The van der Waals surface area contributed by atoms with Crippen LogP contribution in [0.5, 0.6) is 0 Å². The molecule has 8 heteroatoms. The van der Waals surface area contributed by atoms with Crippen molar-refractivity contribution in [2.24, 2.45) is 11.1 Å². The number of rotatable bonds is 4. The molecule has 0 bridgehead atoms. The summed E-state index contributed by atoms with van der Waals surface area (Å²) in [5.74, 6) is -3.36. The quantitative estimate of drug-likeness (QED) is 0.410. The normalized spacial score (nSPS) is 20.9. The van der Waals surface area contributed by atoms with Crippen molar-refractivity contribution in [2.45, 2.75) is 58.5 Å². The van der Waals surface area contributed by atoms with Crippen LogP contribution < -0.4 is 5.73 Å². The van der Waals surface area contributed by atoms with Crippen LogP contribution in [0.2, 0.25) is 0 Å². The highest BCUT2D eigenvalue weighted by atomic mass is 19.3. The Morgan fingerprint density at radius 1 is 1.30 bits per heavy atom. The van der Waals surface area contributed by atoms with Crippen molar-refractivity contribution in [1.29, 1.82) is 0 Å². The van der Waals surface area contributed by atoms with Gasteiger partial charge in [-0.25, -0.2) is 18.4 Å². The maximum Gasteiger partial charge on any atom is 0.414 e. The molecule has 2 rings (SSSR count). The first-order chi connectivity index (χ1) is 13.7. The number of nitrogens with two attached hydrogens (primary N) is 1. The van der Waals surface area contributed by atoms with Crippen LogP contribution in [0.15, 0.2) is 47.3 Å². The van der Waals surface area contributed by atoms with E-state index in [9.17, 15) is 18.4 Å². The number of carbonyl (C=O) groups excluding carboxylic acids is 2. The second-order valence-corrected chi connectivity index (χ2v) is 8.80. The maximum atomic E-state index is 13.7. The summed E-state index contributed by atoms with van der Waals surface area (Å²) in [7, 11) is 1.22. The van der Waals surface area contributed by atoms with Crippen LogP contribution in [0.25, 0.3) is 0 Å². The third-order valence-electron chi connectivity index (χ3n) is 5.06. The zero-order chi connectivity index (χ0) is 22.9. The van der Waals surface area contributed by atoms with Gasteiger partial charge in [-0.15, -0.1) is 0 Å². The Morgan fingerprint density at radius 3 is 2.37 bits per heavy atom. The average Bonchev–Trinajstić information content (AvgIpc) is 2.58. The minimum Gasteiger partial charge on any atom is -0.465 e. The van der Waals surface area contributed by atoms with Crippen LogP contribution in [-0.2, 0) is 14.3 Å². The SMILES string of the molecule is C=C(/C=C(N)\C(=C/C)C1=CC2(CCN1C(=O)OC(C)(C)C)CC(F)(F)C2)C(=O)OC. The molecule has 0 aromatic carbocycles. The Bertz CT molecular complexity index is 827. The number of hydrogen-bond donors (Lipinski definition) is 1. The van der Waals surface area contributed by atoms with Gasteiger partial charge in [0.2, 0.25) is 5.92 Å². The van der Waals surface area contributed by atoms with Gasteiger partial charge in [-0.05, 0) is 40.2 Å². The van der Waals surface area contributed by atoms with Crippen LogP contribution in [0.3, 0.4) is 0 Å². The highest BCUT2D eigenvalue weighted by Gasteiger charge is 2.57. The van der Waals surface area contributed by atoms with Crippen molar-refractivity contribution in [1.82, 2.24) is 4.90 Å². The van der Waals surface area contributed by atoms with Crippen LogP contribution in [0.1, 0.15) is 47.0 Å². The van der Waals surface area contributed by atoms with Crippen molar-refractivity contribution in [3.8, 4) is 0 Å². The van der Waals surface area contributed by atoms with Gasteiger partial charge in [0.1, 0.15) is 5.60 Å². The van der Waals surface area contributed by atoms with E-state index < -0.39 is 29.0 Å². The van der Waals surface area contributed by atoms with E-state index in [1.54, 1.807) is 39.8 Å². The molecule has 0 saturated heterocycles. The predicted octanol–water partition coefficient (Wildman–Crippen LogP) is 4.44. The number of methoxy groups -OCH3 is 1. The number of hydrogen-bond acceptors (Lipinski definition) is 5. The Balaban J connectivity index is 2.45. The summed E-state index contributed by atoms with van der Waals surface area (Å²) in [6.45, 7) is 10.8. The molecule has 0 atom stereocenters. The van der Waals surface area contributed by atoms with E-state index in [4.69, 9.17) is 10.5 Å². The molecule has 0 aromatic heterocycles. The second kappa shape index (κ2) is 8.24. The van der Waals surface area contributed by atoms with Crippen molar-refractivity contribution in [2.75, 3.05) is 13.7 Å². The van der Waals surface area contributed by atoms with Gasteiger partial charge in [-0.1, -0.05) is 18.7 Å². The molecule has 1 aliphatic carbocycles. The third-order valence-corrected chi connectivity index (χ3v) is 5.06. The van der Waals surface area contributed by atoms with E-state index in [2.05, 4.69) is 11.3 Å². The fourth-order valence-electron chi connectivity index (χ4n) is 3.80. The molecule has 1 spiro atoms. The van der Waals surface area contributed by atoms with Crippen LogP contribution in [0.4, 0.5) is 13.6 Å². The highest BCUT2D eigenvalue weighted by Crippen LogP contribution is 2.57. The summed E-state index contributed by atoms with van der Waals surface area (Å²) in [6, 6.07) is 0. The molecule has 6 nitrogen and oxygen atoms in total. The van der Waals surface area contributed by atoms with E-state index in [0.29, 0.717) is 17.7 Å². The molecule has 0 unspecified atom stereocenters. The number of carbonyl (C=O) groups is 2. The van der Waals surface area contributed by atoms with Crippen LogP contribution >= 0.6 is 0 Å². The fraction of sp³-hybridized carbons (Fsp3) is 0.545. The number of halogens is 2. The standard InChI is InChI=1S/C22H30F2N2O4/c1-7-15(16(25)10-14(2)18(27)29-6)17-11-21(12-22(23,24)13-21)8-9-26(17)19(28)30-20(3,4)5/h7,10-11H,2,8-9,12-13,25H2,1,3-6H3/b15-7+,16-10+. The van der Waals surface area contributed by atoms with Crippen LogP contribution in [-0.4, -0.2) is 42.1 Å². The van der Waals surface area contributed by atoms with Gasteiger partial charge in [0, 0.05) is 36.1 Å². The molecule has 2 N–H and O–H groups in total. The van der Waals surface area contributed by atoms with Gasteiger partial charge in [-0.3, -0.25) is 4.90 Å². The minimum atomic E-state index is -2.72. The molecule has 0 radical (unpaired) electrons. The molecule has 30 heavy (non-hydrogen) atoms. The lowest BCUT2D eigenvalue weighted by molar-refractivity contribution is -0.147. The first-order valence-corrected chi connectivity index (χ1v) is 9.75. The number of nitrogens with zero attached hydrogens (tertiary/aromatic N) is 1. The van der Waals surface area contributed by atoms with Gasteiger partial charge < -0.3 is 15.2 Å². The molecule has 0 aromatic rings. The molecule has 2 aliphatic rings. The van der Waals surface area contributed by atoms with E-state index >= 15 is 0 Å². The summed E-state index contributed by atoms with van der Waals surface area (Å²) in [5.41, 5.74) is 5.78. The number of alkyl halides is 2. The molecule has 1 fully saturated rings. The van der Waals surface area contributed by atoms with Crippen molar-refractivity contribution in [3.63, 3.8) is 0 Å². The monoisotopic (exact) mass is 424 g/mol. The lowest BCUT2D eigenvalue weighted by atomic mass is 9.62. The van der Waals surface area contributed by atoms with E-state index in [-0.39, 0.29) is 30.7 Å². The largest absolute Gasteiger partial charge is 0.465 e. The first-order valence-electron chi connectivity index (χ1n) is 9.75. The van der Waals surface area contributed by atoms with Crippen molar-refractivity contribution < 1.29 is 27.8 Å². The zero-order valence-electron chi connectivity index (χ0n) is 18.2. The summed E-state index contributed by atoms with van der Waals surface area (Å²) in [4.78, 5) is 25.9. The smallest absolute Gasteiger partial charge is 0.414 e. The summed E-state index contributed by atoms with van der Waals surface area (Å²) < 4.78 is 37.5. The zero-order valence-corrected chi connectivity index (χ0v) is 18.2. The summed E-state index contributed by atoms with van der Waals surface area (Å²) >= 11 is 0. The molecule has 1 amide bonds. The lowest BCUT2D eigenvalue weighted by Crippen LogP contribution is -2.51. The highest BCUT2D eigenvalue weighted by molar-refractivity contribution is 5.91. The van der Waals surface area contributed by atoms with Crippen molar-refractivity contribution >= 4 is 12.1 Å². The van der Waals surface area contributed by atoms with Crippen LogP contribution in [0, 0.1) is 5.41 Å². The molecule has 166 valence electrons. The van der Waals surface area contributed by atoms with Gasteiger partial charge in [0.15, 0.2) is 0 Å². The minimum absolute atomic E-state index is 0.0273. The Kier molecular flexibility index (Phi) is 6.49. The summed E-state index contributed by atoms with van der Waals surface area (Å²) in [6.07, 6.45) is 3.95. The van der Waals surface area contributed by atoms with Crippen molar-refractivity contribution in [3.05, 3.63) is 47.3 Å². The average molecular weight is 424 g/mol. The van der Waals surface area contributed by atoms with Gasteiger partial charge >= 0.3 is 12.1 Å². The van der Waals surface area contributed by atoms with Gasteiger partial charge in [-0.2, -0.15) is 0 Å². The van der Waals surface area contributed by atoms with Gasteiger partial charge in [0.25, 0.3) is 0 Å². The second-order valence-electron chi connectivity index (χ2n) is 8.80.